The lowest BCUT2D eigenvalue weighted by Gasteiger charge is -2.35. The van der Waals surface area contributed by atoms with Crippen LogP contribution in [0.5, 0.6) is 0 Å². The van der Waals surface area contributed by atoms with E-state index in [2.05, 4.69) is 34.5 Å². The number of benzene rings is 2. The number of nitrogens with one attached hydrogen (secondary N) is 1. The molecule has 0 atom stereocenters. The van der Waals surface area contributed by atoms with Crippen LogP contribution in [0.4, 0.5) is 0 Å². The van der Waals surface area contributed by atoms with Crippen molar-refractivity contribution in [2.75, 3.05) is 32.7 Å². The molecule has 0 aromatic heterocycles. The molecule has 174 valence electrons. The van der Waals surface area contributed by atoms with E-state index in [4.69, 9.17) is 0 Å². The summed E-state index contributed by atoms with van der Waals surface area (Å²) in [5.74, 6) is -1.32. The zero-order valence-corrected chi connectivity index (χ0v) is 19.2. The molecule has 0 unspecified atom stereocenters. The van der Waals surface area contributed by atoms with Crippen LogP contribution < -0.4 is 5.32 Å². The van der Waals surface area contributed by atoms with Gasteiger partial charge < -0.3 is 15.1 Å². The summed E-state index contributed by atoms with van der Waals surface area (Å²) in [4.78, 5) is 43.1. The zero-order valence-electron chi connectivity index (χ0n) is 19.2. The number of piperidine rings is 1. The van der Waals surface area contributed by atoms with Gasteiger partial charge in [0.2, 0.25) is 5.91 Å². The van der Waals surface area contributed by atoms with E-state index in [1.54, 1.807) is 4.90 Å². The van der Waals surface area contributed by atoms with Crippen molar-refractivity contribution >= 4 is 17.7 Å². The molecule has 0 saturated carbocycles. The Hall–Kier alpha value is -3.19. The second-order valence-electron chi connectivity index (χ2n) is 9.05. The lowest BCUT2D eigenvalue weighted by atomic mass is 10.0. The average Bonchev–Trinajstić information content (AvgIpc) is 2.81. The first-order valence-electron chi connectivity index (χ1n) is 11.7. The Kier molecular flexibility index (Phi) is 7.40. The summed E-state index contributed by atoms with van der Waals surface area (Å²) in [6.45, 7) is 5.93. The molecule has 7 nitrogen and oxygen atoms in total. The summed E-state index contributed by atoms with van der Waals surface area (Å²) in [5.41, 5.74) is 3.41. The van der Waals surface area contributed by atoms with Crippen LogP contribution in [0.15, 0.2) is 54.6 Å². The summed E-state index contributed by atoms with van der Waals surface area (Å²) in [7, 11) is 0. The highest BCUT2D eigenvalue weighted by Gasteiger charge is 2.33. The molecule has 4 rings (SSSR count). The average molecular weight is 449 g/mol. The number of hydrogen-bond acceptors (Lipinski definition) is 4. The number of rotatable bonds is 7. The van der Waals surface area contributed by atoms with Crippen molar-refractivity contribution in [2.45, 2.75) is 38.9 Å². The van der Waals surface area contributed by atoms with Crippen molar-refractivity contribution in [1.82, 2.24) is 20.0 Å². The van der Waals surface area contributed by atoms with Gasteiger partial charge in [-0.05, 0) is 30.9 Å². The number of likely N-dealkylation sites (tertiary alicyclic amines) is 1. The summed E-state index contributed by atoms with van der Waals surface area (Å²) in [6.07, 6.45) is 1.77. The van der Waals surface area contributed by atoms with Crippen LogP contribution >= 0.6 is 0 Å². The van der Waals surface area contributed by atoms with Crippen molar-refractivity contribution in [3.63, 3.8) is 0 Å². The maximum Gasteiger partial charge on any atom is 0.312 e. The SMILES string of the molecule is Cc1cccc(CN2CCN(CC(=O)NC3CCN(Cc4ccccc4)CC3)C(=O)C2=O)c1. The molecule has 33 heavy (non-hydrogen) atoms. The maximum absolute atomic E-state index is 12.6. The normalized spacial score (nSPS) is 18.0. The van der Waals surface area contributed by atoms with Crippen LogP contribution in [-0.2, 0) is 27.5 Å². The van der Waals surface area contributed by atoms with E-state index in [1.165, 1.54) is 10.5 Å². The van der Waals surface area contributed by atoms with Gasteiger partial charge in [-0.1, -0.05) is 60.2 Å². The van der Waals surface area contributed by atoms with Gasteiger partial charge in [-0.3, -0.25) is 19.3 Å². The minimum Gasteiger partial charge on any atom is -0.352 e. The van der Waals surface area contributed by atoms with Gasteiger partial charge in [-0.2, -0.15) is 0 Å². The molecule has 2 fully saturated rings. The van der Waals surface area contributed by atoms with Gasteiger partial charge in [-0.15, -0.1) is 0 Å². The lowest BCUT2D eigenvalue weighted by Crippen LogP contribution is -2.56. The molecule has 2 aromatic carbocycles. The predicted octanol–water partition coefficient (Wildman–Crippen LogP) is 1.95. The van der Waals surface area contributed by atoms with Gasteiger partial charge in [0.05, 0.1) is 0 Å². The van der Waals surface area contributed by atoms with Gasteiger partial charge >= 0.3 is 11.8 Å². The number of piperazine rings is 1. The molecule has 2 aliphatic heterocycles. The number of carbonyl (C=O) groups excluding carboxylic acids is 3. The largest absolute Gasteiger partial charge is 0.352 e. The molecule has 7 heteroatoms. The molecular formula is C26H32N4O3. The van der Waals surface area contributed by atoms with Crippen LogP contribution in [0.2, 0.25) is 0 Å². The first-order chi connectivity index (χ1) is 16.0. The Morgan fingerprint density at radius 1 is 0.848 bits per heavy atom. The smallest absolute Gasteiger partial charge is 0.312 e. The highest BCUT2D eigenvalue weighted by Crippen LogP contribution is 2.15. The standard InChI is InChI=1S/C26H32N4O3/c1-20-6-5-9-22(16-20)18-29-14-15-30(26(33)25(29)32)19-24(31)27-23-10-12-28(13-11-23)17-21-7-3-2-4-8-21/h2-9,16,23H,10-15,17-19H2,1H3,(H,27,31). The maximum atomic E-state index is 12.6. The number of carbonyl (C=O) groups is 3. The lowest BCUT2D eigenvalue weighted by molar-refractivity contribution is -0.157. The van der Waals surface area contributed by atoms with Crippen molar-refractivity contribution in [1.29, 1.82) is 0 Å². The first-order valence-corrected chi connectivity index (χ1v) is 11.7. The van der Waals surface area contributed by atoms with E-state index in [-0.39, 0.29) is 18.5 Å². The van der Waals surface area contributed by atoms with Crippen LogP contribution in [0.1, 0.15) is 29.5 Å². The van der Waals surface area contributed by atoms with Gasteiger partial charge in [-0.25, -0.2) is 0 Å². The second kappa shape index (κ2) is 10.6. The number of amides is 3. The minimum absolute atomic E-state index is 0.0624. The molecule has 0 aliphatic carbocycles. The molecule has 0 bridgehead atoms. The van der Waals surface area contributed by atoms with E-state index in [9.17, 15) is 14.4 Å². The zero-order chi connectivity index (χ0) is 23.2. The van der Waals surface area contributed by atoms with Gasteiger partial charge in [0.1, 0.15) is 6.54 Å². The van der Waals surface area contributed by atoms with E-state index in [0.29, 0.717) is 19.6 Å². The fraction of sp³-hybridized carbons (Fsp3) is 0.423. The van der Waals surface area contributed by atoms with Gasteiger partial charge in [0, 0.05) is 45.3 Å². The minimum atomic E-state index is -0.596. The highest BCUT2D eigenvalue weighted by molar-refractivity contribution is 6.35. The summed E-state index contributed by atoms with van der Waals surface area (Å²) < 4.78 is 0. The molecule has 1 N–H and O–H groups in total. The van der Waals surface area contributed by atoms with Crippen LogP contribution in [0.25, 0.3) is 0 Å². The predicted molar refractivity (Wildman–Crippen MR) is 126 cm³/mol. The molecule has 2 aromatic rings. The highest BCUT2D eigenvalue weighted by atomic mass is 16.2. The molecular weight excluding hydrogens is 416 g/mol. The van der Waals surface area contributed by atoms with E-state index in [1.807, 2.05) is 37.3 Å². The molecule has 0 radical (unpaired) electrons. The fourth-order valence-electron chi connectivity index (χ4n) is 4.57. The van der Waals surface area contributed by atoms with E-state index in [0.717, 1.165) is 43.6 Å². The molecule has 2 aliphatic rings. The van der Waals surface area contributed by atoms with Crippen LogP contribution in [0, 0.1) is 6.92 Å². The van der Waals surface area contributed by atoms with Crippen LogP contribution in [-0.4, -0.2) is 71.2 Å². The molecule has 2 heterocycles. The van der Waals surface area contributed by atoms with Gasteiger partial charge in [0.15, 0.2) is 0 Å². The topological polar surface area (TPSA) is 73.0 Å². The number of aryl methyl sites for hydroxylation is 1. The van der Waals surface area contributed by atoms with Crippen molar-refractivity contribution in [3.8, 4) is 0 Å². The Morgan fingerprint density at radius 3 is 2.24 bits per heavy atom. The Balaban J connectivity index is 1.21. The third-order valence-corrected chi connectivity index (χ3v) is 6.39. The van der Waals surface area contributed by atoms with Gasteiger partial charge in [0.25, 0.3) is 0 Å². The van der Waals surface area contributed by atoms with Crippen LogP contribution in [0.3, 0.4) is 0 Å². The van der Waals surface area contributed by atoms with Crippen molar-refractivity contribution in [2.24, 2.45) is 0 Å². The van der Waals surface area contributed by atoms with E-state index >= 15 is 0 Å². The second-order valence-corrected chi connectivity index (χ2v) is 9.05. The summed E-state index contributed by atoms with van der Waals surface area (Å²) >= 11 is 0. The quantitative estimate of drug-likeness (QED) is 0.657. The first kappa shape index (κ1) is 23.0. The third kappa shape index (κ3) is 6.20. The van der Waals surface area contributed by atoms with Crippen molar-refractivity contribution < 1.29 is 14.4 Å². The Morgan fingerprint density at radius 2 is 1.52 bits per heavy atom. The summed E-state index contributed by atoms with van der Waals surface area (Å²) in [6, 6.07) is 18.4. The molecule has 3 amide bonds. The summed E-state index contributed by atoms with van der Waals surface area (Å²) in [5, 5.41) is 3.06. The Bertz CT molecular complexity index is 986. The van der Waals surface area contributed by atoms with E-state index < -0.39 is 11.8 Å². The third-order valence-electron chi connectivity index (χ3n) is 6.39. The van der Waals surface area contributed by atoms with Crippen molar-refractivity contribution in [3.05, 3.63) is 71.3 Å². The number of hydrogen-bond donors (Lipinski definition) is 1. The monoisotopic (exact) mass is 448 g/mol. The molecule has 2 saturated heterocycles. The Labute approximate surface area is 195 Å². The fourth-order valence-corrected chi connectivity index (χ4v) is 4.57. The number of nitrogens with zero attached hydrogens (tertiary/aromatic N) is 3. The molecule has 0 spiro atoms.